The molecule has 5 nitrogen and oxygen atoms in total. The molecule has 0 aliphatic carbocycles. The summed E-state index contributed by atoms with van der Waals surface area (Å²) in [4.78, 5) is 27.5. The lowest BCUT2D eigenvalue weighted by Crippen LogP contribution is -2.29. The van der Waals surface area contributed by atoms with Crippen LogP contribution in [0.2, 0.25) is 0 Å². The van der Waals surface area contributed by atoms with Gasteiger partial charge in [0.25, 0.3) is 11.7 Å². The van der Waals surface area contributed by atoms with E-state index in [1.807, 2.05) is 0 Å². The molecule has 1 aliphatic heterocycles. The number of amides is 1. The molecule has 4 rings (SSSR count). The zero-order valence-electron chi connectivity index (χ0n) is 18.9. The molecule has 1 N–H and O–H groups in total. The molecule has 174 valence electrons. The van der Waals surface area contributed by atoms with E-state index in [0.29, 0.717) is 29.2 Å². The second kappa shape index (κ2) is 10.3. The Labute approximate surface area is 198 Å². The van der Waals surface area contributed by atoms with Crippen LogP contribution < -0.4 is 9.64 Å². The Balaban J connectivity index is 1.74. The molecular weight excluding hydrogens is 433 g/mol. The number of ketones is 1. The van der Waals surface area contributed by atoms with Crippen LogP contribution in [0.5, 0.6) is 5.75 Å². The summed E-state index contributed by atoms with van der Waals surface area (Å²) in [6.45, 7) is 2.73. The third kappa shape index (κ3) is 4.71. The molecule has 1 atom stereocenters. The summed E-state index contributed by atoms with van der Waals surface area (Å²) in [5, 5.41) is 11.2. The number of hydrogen-bond acceptors (Lipinski definition) is 4. The van der Waals surface area contributed by atoms with Gasteiger partial charge in [-0.25, -0.2) is 4.39 Å². The smallest absolute Gasteiger partial charge is 0.300 e. The maximum Gasteiger partial charge on any atom is 0.300 e. The Kier molecular flexibility index (Phi) is 7.07. The summed E-state index contributed by atoms with van der Waals surface area (Å²) < 4.78 is 19.3. The SMILES string of the molecule is CCCCCOc1ccc(/C(O)=C2/C(=O)C(=O)N(c3ccccc3)C2c2ccc(F)cc2)cc1. The number of nitrogens with zero attached hydrogens (tertiary/aromatic N) is 1. The number of aliphatic hydroxyl groups is 1. The van der Waals surface area contributed by atoms with Crippen molar-refractivity contribution in [2.24, 2.45) is 0 Å². The van der Waals surface area contributed by atoms with E-state index in [2.05, 4.69) is 6.92 Å². The van der Waals surface area contributed by atoms with E-state index in [-0.39, 0.29) is 11.3 Å². The number of carbonyl (C=O) groups excluding carboxylic acids is 2. The van der Waals surface area contributed by atoms with Crippen LogP contribution in [0.15, 0.2) is 84.4 Å². The number of halogens is 1. The van der Waals surface area contributed by atoms with Crippen molar-refractivity contribution < 1.29 is 23.8 Å². The van der Waals surface area contributed by atoms with Gasteiger partial charge in [0.1, 0.15) is 17.3 Å². The summed E-state index contributed by atoms with van der Waals surface area (Å²) >= 11 is 0. The van der Waals surface area contributed by atoms with Gasteiger partial charge in [-0.15, -0.1) is 0 Å². The first-order valence-electron chi connectivity index (χ1n) is 11.4. The summed E-state index contributed by atoms with van der Waals surface area (Å²) in [6.07, 6.45) is 3.15. The van der Waals surface area contributed by atoms with Gasteiger partial charge in [-0.05, 0) is 60.5 Å². The molecule has 1 amide bonds. The molecule has 1 heterocycles. The first-order chi connectivity index (χ1) is 16.5. The molecule has 0 saturated carbocycles. The average Bonchev–Trinajstić information content (AvgIpc) is 3.13. The molecule has 0 spiro atoms. The molecule has 1 unspecified atom stereocenters. The molecule has 3 aromatic carbocycles. The minimum absolute atomic E-state index is 0.0444. The molecule has 0 radical (unpaired) electrons. The van der Waals surface area contributed by atoms with Crippen molar-refractivity contribution >= 4 is 23.1 Å². The molecule has 6 heteroatoms. The lowest BCUT2D eigenvalue weighted by Gasteiger charge is -2.25. The fourth-order valence-electron chi connectivity index (χ4n) is 4.05. The van der Waals surface area contributed by atoms with Gasteiger partial charge >= 0.3 is 0 Å². The van der Waals surface area contributed by atoms with Crippen molar-refractivity contribution in [1.29, 1.82) is 0 Å². The molecule has 1 fully saturated rings. The highest BCUT2D eigenvalue weighted by Crippen LogP contribution is 2.42. The van der Waals surface area contributed by atoms with Crippen LogP contribution in [0.25, 0.3) is 5.76 Å². The Bertz CT molecular complexity index is 1190. The first-order valence-corrected chi connectivity index (χ1v) is 11.4. The van der Waals surface area contributed by atoms with Crippen molar-refractivity contribution in [2.45, 2.75) is 32.2 Å². The molecule has 1 saturated heterocycles. The zero-order chi connectivity index (χ0) is 24.1. The maximum atomic E-state index is 13.6. The van der Waals surface area contributed by atoms with Crippen LogP contribution in [0.1, 0.15) is 43.4 Å². The summed E-state index contributed by atoms with van der Waals surface area (Å²) in [7, 11) is 0. The minimum atomic E-state index is -0.895. The highest BCUT2D eigenvalue weighted by Gasteiger charge is 2.46. The van der Waals surface area contributed by atoms with E-state index in [0.717, 1.165) is 19.3 Å². The topological polar surface area (TPSA) is 66.8 Å². The van der Waals surface area contributed by atoms with Crippen molar-refractivity contribution in [3.05, 3.63) is 101 Å². The number of Topliss-reactive ketones (excluding diaryl/α,β-unsaturated/α-hetero) is 1. The Morgan fingerprint density at radius 1 is 0.941 bits per heavy atom. The maximum absolute atomic E-state index is 13.6. The standard InChI is InChI=1S/C28H26FNO4/c1-2-3-7-18-34-23-16-12-20(13-17-23)26(31)24-25(19-10-14-21(29)15-11-19)30(28(33)27(24)32)22-8-5-4-6-9-22/h4-6,8-17,25,31H,2-3,7,18H2,1H3/b26-24-. The highest BCUT2D eigenvalue weighted by molar-refractivity contribution is 6.51. The fourth-order valence-corrected chi connectivity index (χ4v) is 4.05. The molecule has 0 bridgehead atoms. The van der Waals surface area contributed by atoms with E-state index in [4.69, 9.17) is 4.74 Å². The monoisotopic (exact) mass is 459 g/mol. The number of para-hydroxylation sites is 1. The molecule has 34 heavy (non-hydrogen) atoms. The predicted octanol–water partition coefficient (Wildman–Crippen LogP) is 6.02. The van der Waals surface area contributed by atoms with Gasteiger partial charge in [-0.2, -0.15) is 0 Å². The van der Waals surface area contributed by atoms with Gasteiger partial charge < -0.3 is 9.84 Å². The average molecular weight is 460 g/mol. The van der Waals surface area contributed by atoms with Crippen molar-refractivity contribution in [2.75, 3.05) is 11.5 Å². The quantitative estimate of drug-likeness (QED) is 0.194. The van der Waals surface area contributed by atoms with Crippen LogP contribution in [0.3, 0.4) is 0 Å². The van der Waals surface area contributed by atoms with E-state index in [9.17, 15) is 19.1 Å². The van der Waals surface area contributed by atoms with E-state index < -0.39 is 23.5 Å². The number of anilines is 1. The first kappa shape index (κ1) is 23.2. The van der Waals surface area contributed by atoms with E-state index in [1.54, 1.807) is 54.6 Å². The summed E-state index contributed by atoms with van der Waals surface area (Å²) in [5.74, 6) is -1.61. The molecule has 0 aromatic heterocycles. The molecular formula is C28H26FNO4. The number of carbonyl (C=O) groups is 2. The van der Waals surface area contributed by atoms with Crippen LogP contribution in [0.4, 0.5) is 10.1 Å². The fraction of sp³-hybridized carbons (Fsp3) is 0.214. The van der Waals surface area contributed by atoms with Gasteiger partial charge in [0.15, 0.2) is 0 Å². The highest BCUT2D eigenvalue weighted by atomic mass is 19.1. The number of rotatable bonds is 8. The lowest BCUT2D eigenvalue weighted by molar-refractivity contribution is -0.132. The van der Waals surface area contributed by atoms with Crippen molar-refractivity contribution in [1.82, 2.24) is 0 Å². The van der Waals surface area contributed by atoms with Crippen molar-refractivity contribution in [3.8, 4) is 5.75 Å². The number of hydrogen-bond donors (Lipinski definition) is 1. The number of unbranched alkanes of at least 4 members (excludes halogenated alkanes) is 2. The van der Waals surface area contributed by atoms with E-state index >= 15 is 0 Å². The number of aliphatic hydroxyl groups excluding tert-OH is 1. The third-order valence-corrected chi connectivity index (χ3v) is 5.81. The summed E-state index contributed by atoms with van der Waals surface area (Å²) in [5.41, 5.74) is 1.37. The Morgan fingerprint density at radius 2 is 1.62 bits per heavy atom. The minimum Gasteiger partial charge on any atom is -0.507 e. The van der Waals surface area contributed by atoms with Gasteiger partial charge in [0.2, 0.25) is 0 Å². The van der Waals surface area contributed by atoms with Gasteiger partial charge in [0, 0.05) is 11.3 Å². The second-order valence-corrected chi connectivity index (χ2v) is 8.14. The van der Waals surface area contributed by atoms with Crippen LogP contribution in [0, 0.1) is 5.82 Å². The molecule has 1 aliphatic rings. The van der Waals surface area contributed by atoms with Crippen molar-refractivity contribution in [3.63, 3.8) is 0 Å². The normalized spacial score (nSPS) is 17.2. The van der Waals surface area contributed by atoms with Gasteiger partial charge in [-0.1, -0.05) is 50.1 Å². The molecule has 3 aromatic rings. The zero-order valence-corrected chi connectivity index (χ0v) is 18.9. The van der Waals surface area contributed by atoms with Crippen LogP contribution in [-0.2, 0) is 9.59 Å². The van der Waals surface area contributed by atoms with Crippen LogP contribution in [-0.4, -0.2) is 23.4 Å². The third-order valence-electron chi connectivity index (χ3n) is 5.81. The number of benzene rings is 3. The predicted molar refractivity (Wildman–Crippen MR) is 129 cm³/mol. The Morgan fingerprint density at radius 3 is 2.26 bits per heavy atom. The second-order valence-electron chi connectivity index (χ2n) is 8.14. The van der Waals surface area contributed by atoms with Gasteiger partial charge in [0.05, 0.1) is 18.2 Å². The van der Waals surface area contributed by atoms with Crippen LogP contribution >= 0.6 is 0 Å². The lowest BCUT2D eigenvalue weighted by atomic mass is 9.95. The Hall–Kier alpha value is -3.93. The number of ether oxygens (including phenoxy) is 1. The largest absolute Gasteiger partial charge is 0.507 e. The summed E-state index contributed by atoms with van der Waals surface area (Å²) in [6, 6.07) is 20.2. The van der Waals surface area contributed by atoms with Gasteiger partial charge in [-0.3, -0.25) is 14.5 Å². The van der Waals surface area contributed by atoms with E-state index in [1.165, 1.54) is 29.2 Å².